The van der Waals surface area contributed by atoms with Crippen LogP contribution in [0.15, 0.2) is 36.4 Å². The van der Waals surface area contributed by atoms with Crippen molar-refractivity contribution in [3.05, 3.63) is 52.3 Å². The monoisotopic (exact) mass is 360 g/mol. The molecule has 2 aliphatic rings. The molecule has 4 heteroatoms. The fourth-order valence-electron chi connectivity index (χ4n) is 4.19. The molecule has 2 aromatic rings. The minimum Gasteiger partial charge on any atom is -0.298 e. The highest BCUT2D eigenvalue weighted by molar-refractivity contribution is 6.34. The number of aromatic nitrogens is 1. The largest absolute Gasteiger partial charge is 0.298 e. The predicted octanol–water partition coefficient (Wildman–Crippen LogP) is 5.79. The number of nitrogens with zero attached hydrogens (tertiary/aromatic N) is 2. The second-order valence-corrected chi connectivity index (χ2v) is 7.89. The molecule has 0 spiro atoms. The summed E-state index contributed by atoms with van der Waals surface area (Å²) in [5, 5.41) is 0.888. The number of rotatable bonds is 3. The maximum Gasteiger partial charge on any atom is 0.138 e. The van der Waals surface area contributed by atoms with Crippen LogP contribution in [0.25, 0.3) is 11.1 Å². The lowest BCUT2D eigenvalue weighted by atomic mass is 9.74. The molecule has 2 heterocycles. The van der Waals surface area contributed by atoms with Crippen LogP contribution < -0.4 is 0 Å². The van der Waals surface area contributed by atoms with Gasteiger partial charge in [0.05, 0.1) is 0 Å². The molecule has 0 unspecified atom stereocenters. The van der Waals surface area contributed by atoms with E-state index in [0.717, 1.165) is 23.2 Å². The Hall–Kier alpha value is -1.09. The van der Waals surface area contributed by atoms with Crippen molar-refractivity contribution in [2.24, 2.45) is 0 Å². The molecule has 2 nitrogen and oxygen atoms in total. The van der Waals surface area contributed by atoms with Gasteiger partial charge in [-0.15, -0.1) is 0 Å². The van der Waals surface area contributed by atoms with Crippen LogP contribution in [0.2, 0.25) is 10.3 Å². The zero-order chi connectivity index (χ0) is 16.7. The van der Waals surface area contributed by atoms with Gasteiger partial charge in [0.25, 0.3) is 0 Å². The Labute approximate surface area is 153 Å². The molecule has 4 rings (SSSR count). The summed E-state index contributed by atoms with van der Waals surface area (Å²) in [6.07, 6.45) is 5.33. The van der Waals surface area contributed by atoms with Crippen LogP contribution in [0, 0.1) is 0 Å². The number of hydrogen-bond acceptors (Lipinski definition) is 2. The lowest BCUT2D eigenvalue weighted by molar-refractivity contribution is 0.103. The van der Waals surface area contributed by atoms with Crippen LogP contribution in [0.1, 0.15) is 44.1 Å². The molecule has 1 aliphatic carbocycles. The van der Waals surface area contributed by atoms with Crippen LogP contribution >= 0.6 is 23.2 Å². The van der Waals surface area contributed by atoms with E-state index in [1.165, 1.54) is 37.8 Å². The summed E-state index contributed by atoms with van der Waals surface area (Å²) in [4.78, 5) is 6.83. The molecule has 1 aromatic heterocycles. The molecule has 1 aliphatic heterocycles. The number of likely N-dealkylation sites (tertiary alicyclic amines) is 1. The SMILES string of the molecule is C[C@@H]1CCCN1C1CC(c2ccc(-c3ccc(Cl)nc3Cl)cc2)C1. The third kappa shape index (κ3) is 3.08. The molecule has 126 valence electrons. The highest BCUT2D eigenvalue weighted by Crippen LogP contribution is 2.42. The minimum atomic E-state index is 0.428. The standard InChI is InChI=1S/C20H22Cl2N2/c1-13-3-2-10-24(13)17-11-16(12-17)14-4-6-15(7-5-14)18-8-9-19(21)23-20(18)22/h4-9,13,16-17H,2-3,10-12H2,1H3/t13-,16?,17?/m1/s1. The van der Waals surface area contributed by atoms with Gasteiger partial charge in [-0.2, -0.15) is 0 Å². The van der Waals surface area contributed by atoms with Gasteiger partial charge in [-0.3, -0.25) is 4.90 Å². The van der Waals surface area contributed by atoms with Crippen molar-refractivity contribution in [1.82, 2.24) is 9.88 Å². The van der Waals surface area contributed by atoms with Crippen LogP contribution in [-0.4, -0.2) is 28.5 Å². The smallest absolute Gasteiger partial charge is 0.138 e. The van der Waals surface area contributed by atoms with E-state index in [2.05, 4.69) is 41.1 Å². The van der Waals surface area contributed by atoms with E-state index in [-0.39, 0.29) is 0 Å². The minimum absolute atomic E-state index is 0.428. The number of pyridine rings is 1. The van der Waals surface area contributed by atoms with E-state index in [9.17, 15) is 0 Å². The van der Waals surface area contributed by atoms with E-state index in [1.54, 1.807) is 6.07 Å². The summed E-state index contributed by atoms with van der Waals surface area (Å²) in [5.41, 5.74) is 3.47. The Morgan fingerprint density at radius 2 is 1.79 bits per heavy atom. The van der Waals surface area contributed by atoms with Gasteiger partial charge >= 0.3 is 0 Å². The highest BCUT2D eigenvalue weighted by Gasteiger charge is 2.37. The Bertz CT molecular complexity index is 723. The Balaban J connectivity index is 1.43. The molecule has 1 saturated carbocycles. The first-order valence-corrected chi connectivity index (χ1v) is 9.55. The molecule has 0 radical (unpaired) electrons. The van der Waals surface area contributed by atoms with Gasteiger partial charge in [-0.25, -0.2) is 4.98 Å². The maximum absolute atomic E-state index is 6.21. The quantitative estimate of drug-likeness (QED) is 0.644. The highest BCUT2D eigenvalue weighted by atomic mass is 35.5. The molecule has 24 heavy (non-hydrogen) atoms. The van der Waals surface area contributed by atoms with Crippen molar-refractivity contribution in [3.63, 3.8) is 0 Å². The van der Waals surface area contributed by atoms with E-state index in [0.29, 0.717) is 16.2 Å². The molecule has 0 amide bonds. The summed E-state index contributed by atoms with van der Waals surface area (Å²) < 4.78 is 0. The predicted molar refractivity (Wildman–Crippen MR) is 101 cm³/mol. The second kappa shape index (κ2) is 6.67. The number of hydrogen-bond donors (Lipinski definition) is 0. The van der Waals surface area contributed by atoms with Crippen LogP contribution in [0.3, 0.4) is 0 Å². The van der Waals surface area contributed by atoms with Gasteiger partial charge in [-0.1, -0.05) is 47.5 Å². The van der Waals surface area contributed by atoms with Crippen LogP contribution in [0.5, 0.6) is 0 Å². The zero-order valence-electron chi connectivity index (χ0n) is 13.9. The first-order chi connectivity index (χ1) is 11.6. The van der Waals surface area contributed by atoms with Gasteiger partial charge in [0.2, 0.25) is 0 Å². The summed E-state index contributed by atoms with van der Waals surface area (Å²) in [6.45, 7) is 3.67. The summed E-state index contributed by atoms with van der Waals surface area (Å²) in [7, 11) is 0. The van der Waals surface area contributed by atoms with Crippen molar-refractivity contribution in [3.8, 4) is 11.1 Å². The second-order valence-electron chi connectivity index (χ2n) is 7.15. The topological polar surface area (TPSA) is 16.1 Å². The Morgan fingerprint density at radius 1 is 1.04 bits per heavy atom. The van der Waals surface area contributed by atoms with E-state index in [1.807, 2.05) is 6.07 Å². The van der Waals surface area contributed by atoms with Crippen molar-refractivity contribution in [2.45, 2.75) is 50.6 Å². The number of halogens is 2. The van der Waals surface area contributed by atoms with E-state index < -0.39 is 0 Å². The Morgan fingerprint density at radius 3 is 2.42 bits per heavy atom. The fourth-order valence-corrected chi connectivity index (χ4v) is 4.64. The normalized spacial score (nSPS) is 27.2. The first kappa shape index (κ1) is 16.4. The molecular formula is C20H22Cl2N2. The third-order valence-electron chi connectivity index (χ3n) is 5.69. The van der Waals surface area contributed by atoms with Crippen molar-refractivity contribution in [2.75, 3.05) is 6.54 Å². The average molecular weight is 361 g/mol. The zero-order valence-corrected chi connectivity index (χ0v) is 15.4. The van der Waals surface area contributed by atoms with Crippen LogP contribution in [0.4, 0.5) is 0 Å². The summed E-state index contributed by atoms with van der Waals surface area (Å²) in [5.74, 6) is 0.704. The molecule has 1 atom stereocenters. The van der Waals surface area contributed by atoms with Gasteiger partial charge in [0.15, 0.2) is 0 Å². The molecule has 1 aromatic carbocycles. The molecule has 2 fully saturated rings. The molecule has 0 bridgehead atoms. The fraction of sp³-hybridized carbons (Fsp3) is 0.450. The van der Waals surface area contributed by atoms with Gasteiger partial charge in [-0.05, 0) is 68.3 Å². The summed E-state index contributed by atoms with van der Waals surface area (Å²) >= 11 is 12.1. The summed E-state index contributed by atoms with van der Waals surface area (Å²) in [6, 6.07) is 14.1. The molecule has 0 N–H and O–H groups in total. The van der Waals surface area contributed by atoms with Crippen molar-refractivity contribution >= 4 is 23.2 Å². The molecular weight excluding hydrogens is 339 g/mol. The number of benzene rings is 1. The Kier molecular flexibility index (Phi) is 4.55. The third-order valence-corrected chi connectivity index (χ3v) is 6.19. The molecule has 1 saturated heterocycles. The van der Waals surface area contributed by atoms with Gasteiger partial charge in [0.1, 0.15) is 10.3 Å². The average Bonchev–Trinajstić information content (AvgIpc) is 2.93. The van der Waals surface area contributed by atoms with Crippen LogP contribution in [-0.2, 0) is 0 Å². The van der Waals surface area contributed by atoms with Gasteiger partial charge in [0, 0.05) is 17.6 Å². The first-order valence-electron chi connectivity index (χ1n) is 8.80. The van der Waals surface area contributed by atoms with E-state index >= 15 is 0 Å². The van der Waals surface area contributed by atoms with E-state index in [4.69, 9.17) is 23.2 Å². The maximum atomic E-state index is 6.21. The van der Waals surface area contributed by atoms with Gasteiger partial charge < -0.3 is 0 Å². The van der Waals surface area contributed by atoms with Crippen molar-refractivity contribution in [1.29, 1.82) is 0 Å². The lowest BCUT2D eigenvalue weighted by Gasteiger charge is -2.43. The lowest BCUT2D eigenvalue weighted by Crippen LogP contribution is -2.45. The van der Waals surface area contributed by atoms with Crippen molar-refractivity contribution < 1.29 is 0 Å².